The third-order valence-corrected chi connectivity index (χ3v) is 4.07. The van der Waals surface area contributed by atoms with Crippen LogP contribution in [0, 0.1) is 0 Å². The van der Waals surface area contributed by atoms with Crippen LogP contribution in [0.4, 0.5) is 0 Å². The Morgan fingerprint density at radius 3 is 2.04 bits per heavy atom. The van der Waals surface area contributed by atoms with Gasteiger partial charge in [-0.2, -0.15) is 0 Å². The summed E-state index contributed by atoms with van der Waals surface area (Å²) >= 11 is 0. The number of methoxy groups -OCH3 is 1. The summed E-state index contributed by atoms with van der Waals surface area (Å²) in [7, 11) is 1.71. The molecule has 0 atom stereocenters. The Morgan fingerprint density at radius 1 is 0.964 bits per heavy atom. The first-order valence-corrected chi connectivity index (χ1v) is 8.72. The van der Waals surface area contributed by atoms with Gasteiger partial charge in [-0.15, -0.1) is 0 Å². The summed E-state index contributed by atoms with van der Waals surface area (Å²) in [4.78, 5) is 21.5. The Hall–Kier alpha value is -3.38. The van der Waals surface area contributed by atoms with Gasteiger partial charge in [0.1, 0.15) is 5.75 Å². The fourth-order valence-electron chi connectivity index (χ4n) is 2.81. The highest BCUT2D eigenvalue weighted by Gasteiger charge is 2.16. The SMILES string of the molecule is COc1ccccc1C=CCN1Cc2ccccc2C1.O=C(O)/C=C\C(=O)O. The Balaban J connectivity index is 0.000000300. The van der Waals surface area contributed by atoms with E-state index in [2.05, 4.69) is 47.4 Å². The van der Waals surface area contributed by atoms with Crippen LogP contribution in [0.25, 0.3) is 6.08 Å². The normalized spacial score (nSPS) is 13.2. The molecule has 0 unspecified atom stereocenters. The maximum Gasteiger partial charge on any atom is 0.328 e. The van der Waals surface area contributed by atoms with E-state index in [0.29, 0.717) is 12.2 Å². The van der Waals surface area contributed by atoms with E-state index in [1.807, 2.05) is 18.2 Å². The monoisotopic (exact) mass is 381 g/mol. The summed E-state index contributed by atoms with van der Waals surface area (Å²) in [5.41, 5.74) is 4.04. The molecule has 2 N–H and O–H groups in total. The van der Waals surface area contributed by atoms with Gasteiger partial charge in [0.15, 0.2) is 0 Å². The second-order valence-corrected chi connectivity index (χ2v) is 6.09. The molecule has 0 amide bonds. The molecule has 1 aliphatic rings. The van der Waals surface area contributed by atoms with E-state index in [1.165, 1.54) is 11.1 Å². The number of hydrogen-bond acceptors (Lipinski definition) is 4. The highest BCUT2D eigenvalue weighted by atomic mass is 16.5. The standard InChI is InChI=1S/C18H19NO.C4H4O4/c1-20-18-11-5-4-7-15(18)10-6-12-19-13-16-8-2-3-9-17(16)14-19;5-3(6)1-2-4(7)8/h2-11H,12-14H2,1H3;1-2H,(H,5,6)(H,7,8)/b;2-1-. The van der Waals surface area contributed by atoms with E-state index in [1.54, 1.807) is 7.11 Å². The summed E-state index contributed by atoms with van der Waals surface area (Å²) < 4.78 is 5.35. The van der Waals surface area contributed by atoms with Crippen LogP contribution < -0.4 is 4.74 Å². The molecule has 6 heteroatoms. The summed E-state index contributed by atoms with van der Waals surface area (Å²) in [5, 5.41) is 15.6. The zero-order valence-electron chi connectivity index (χ0n) is 15.6. The van der Waals surface area contributed by atoms with Crippen molar-refractivity contribution in [1.29, 1.82) is 0 Å². The van der Waals surface area contributed by atoms with Gasteiger partial charge in [0.25, 0.3) is 0 Å². The Kier molecular flexibility index (Phi) is 7.99. The van der Waals surface area contributed by atoms with Crippen LogP contribution >= 0.6 is 0 Å². The van der Waals surface area contributed by atoms with Crippen molar-refractivity contribution < 1.29 is 24.5 Å². The number of ether oxygens (including phenoxy) is 1. The summed E-state index contributed by atoms with van der Waals surface area (Å²) in [6, 6.07) is 16.8. The van der Waals surface area contributed by atoms with Crippen molar-refractivity contribution >= 4 is 18.0 Å². The number of carboxylic acids is 2. The van der Waals surface area contributed by atoms with Crippen LogP contribution in [0.2, 0.25) is 0 Å². The Morgan fingerprint density at radius 2 is 1.50 bits per heavy atom. The van der Waals surface area contributed by atoms with Gasteiger partial charge in [-0.25, -0.2) is 9.59 Å². The number of carbonyl (C=O) groups is 2. The van der Waals surface area contributed by atoms with Gasteiger partial charge in [-0.1, -0.05) is 54.6 Å². The molecule has 6 nitrogen and oxygen atoms in total. The van der Waals surface area contributed by atoms with Crippen LogP contribution in [0.5, 0.6) is 5.75 Å². The predicted octanol–water partition coefficient (Wildman–Crippen LogP) is 3.44. The summed E-state index contributed by atoms with van der Waals surface area (Å²) in [6.45, 7) is 3.06. The zero-order chi connectivity index (χ0) is 20.4. The molecule has 0 fully saturated rings. The zero-order valence-corrected chi connectivity index (χ0v) is 15.6. The number of fused-ring (bicyclic) bond motifs is 1. The van der Waals surface area contributed by atoms with Crippen LogP contribution in [0.1, 0.15) is 16.7 Å². The Bertz CT molecular complexity index is 832. The molecule has 0 aromatic heterocycles. The van der Waals surface area contributed by atoms with Gasteiger partial charge in [0.2, 0.25) is 0 Å². The highest BCUT2D eigenvalue weighted by molar-refractivity contribution is 5.89. The van der Waals surface area contributed by atoms with Crippen molar-refractivity contribution in [2.45, 2.75) is 13.1 Å². The van der Waals surface area contributed by atoms with E-state index in [4.69, 9.17) is 14.9 Å². The average Bonchev–Trinajstić information content (AvgIpc) is 3.10. The minimum Gasteiger partial charge on any atom is -0.496 e. The molecule has 1 aliphatic heterocycles. The maximum absolute atomic E-state index is 9.55. The van der Waals surface area contributed by atoms with Gasteiger partial charge in [0, 0.05) is 37.3 Å². The summed E-state index contributed by atoms with van der Waals surface area (Å²) in [6.07, 6.45) is 5.47. The van der Waals surface area contributed by atoms with Crippen molar-refractivity contribution in [1.82, 2.24) is 4.90 Å². The number of nitrogens with zero attached hydrogens (tertiary/aromatic N) is 1. The van der Waals surface area contributed by atoms with E-state index >= 15 is 0 Å². The molecule has 3 rings (SSSR count). The van der Waals surface area contributed by atoms with E-state index in [9.17, 15) is 9.59 Å². The van der Waals surface area contributed by atoms with E-state index in [-0.39, 0.29) is 0 Å². The lowest BCUT2D eigenvalue weighted by atomic mass is 10.1. The molecule has 2 aromatic rings. The topological polar surface area (TPSA) is 87.1 Å². The van der Waals surface area contributed by atoms with Crippen molar-refractivity contribution in [3.8, 4) is 5.75 Å². The largest absolute Gasteiger partial charge is 0.496 e. The third kappa shape index (κ3) is 6.74. The van der Waals surface area contributed by atoms with Crippen molar-refractivity contribution in [2.75, 3.05) is 13.7 Å². The molecule has 2 aromatic carbocycles. The lowest BCUT2D eigenvalue weighted by Crippen LogP contribution is -2.15. The number of benzene rings is 2. The molecule has 0 radical (unpaired) electrons. The lowest BCUT2D eigenvalue weighted by molar-refractivity contribution is -0.134. The fourth-order valence-corrected chi connectivity index (χ4v) is 2.81. The molecule has 0 saturated carbocycles. The summed E-state index contributed by atoms with van der Waals surface area (Å²) in [5.74, 6) is -1.59. The molecule has 1 heterocycles. The van der Waals surface area contributed by atoms with Gasteiger partial charge < -0.3 is 14.9 Å². The van der Waals surface area contributed by atoms with E-state index < -0.39 is 11.9 Å². The lowest BCUT2D eigenvalue weighted by Gasteiger charge is -2.11. The Labute approximate surface area is 164 Å². The first-order chi connectivity index (χ1) is 13.5. The first kappa shape index (κ1) is 20.9. The van der Waals surface area contributed by atoms with Crippen LogP contribution in [0.15, 0.2) is 66.8 Å². The van der Waals surface area contributed by atoms with Crippen LogP contribution in [-0.2, 0) is 22.7 Å². The van der Waals surface area contributed by atoms with Crippen molar-refractivity contribution in [2.24, 2.45) is 0 Å². The number of para-hydroxylation sites is 1. The third-order valence-electron chi connectivity index (χ3n) is 4.07. The molecule has 0 aliphatic carbocycles. The van der Waals surface area contributed by atoms with Gasteiger partial charge in [-0.3, -0.25) is 4.90 Å². The van der Waals surface area contributed by atoms with Gasteiger partial charge >= 0.3 is 11.9 Å². The quantitative estimate of drug-likeness (QED) is 0.746. The number of carboxylic acid groups (broad SMARTS) is 2. The molecule has 28 heavy (non-hydrogen) atoms. The average molecular weight is 381 g/mol. The predicted molar refractivity (Wildman–Crippen MR) is 107 cm³/mol. The minimum absolute atomic E-state index is 0.558. The maximum atomic E-state index is 9.55. The molecule has 0 bridgehead atoms. The fraction of sp³-hybridized carbons (Fsp3) is 0.182. The van der Waals surface area contributed by atoms with Crippen molar-refractivity contribution in [3.05, 3.63) is 83.4 Å². The van der Waals surface area contributed by atoms with Gasteiger partial charge in [0.05, 0.1) is 7.11 Å². The second kappa shape index (κ2) is 10.7. The van der Waals surface area contributed by atoms with Crippen LogP contribution in [-0.4, -0.2) is 40.7 Å². The molecule has 0 spiro atoms. The molecular formula is C22H23NO5. The highest BCUT2D eigenvalue weighted by Crippen LogP contribution is 2.22. The first-order valence-electron chi connectivity index (χ1n) is 8.72. The number of hydrogen-bond donors (Lipinski definition) is 2. The second-order valence-electron chi connectivity index (χ2n) is 6.09. The van der Waals surface area contributed by atoms with Gasteiger partial charge in [-0.05, 0) is 17.2 Å². The van der Waals surface area contributed by atoms with Crippen LogP contribution in [0.3, 0.4) is 0 Å². The number of rotatable bonds is 6. The molecular weight excluding hydrogens is 358 g/mol. The minimum atomic E-state index is -1.26. The molecule has 146 valence electrons. The van der Waals surface area contributed by atoms with Crippen molar-refractivity contribution in [3.63, 3.8) is 0 Å². The number of aliphatic carboxylic acids is 2. The van der Waals surface area contributed by atoms with E-state index in [0.717, 1.165) is 30.9 Å². The molecule has 0 saturated heterocycles. The smallest absolute Gasteiger partial charge is 0.328 e.